The molecule has 6 nitrogen and oxygen atoms in total. The molecule has 1 atom stereocenters. The van der Waals surface area contributed by atoms with Crippen LogP contribution >= 0.6 is 0 Å². The summed E-state index contributed by atoms with van der Waals surface area (Å²) in [7, 11) is 0. The van der Waals surface area contributed by atoms with Crippen molar-refractivity contribution in [1.82, 2.24) is 14.7 Å². The molecular weight excluding hydrogens is 354 g/mol. The van der Waals surface area contributed by atoms with Gasteiger partial charge in [0, 0.05) is 58.4 Å². The maximum Gasteiger partial charge on any atom is 0.240 e. The number of rotatable bonds is 4. The molecule has 0 bridgehead atoms. The van der Waals surface area contributed by atoms with Gasteiger partial charge in [0.05, 0.1) is 6.04 Å². The summed E-state index contributed by atoms with van der Waals surface area (Å²) in [5, 5.41) is 0. The van der Waals surface area contributed by atoms with E-state index in [0.717, 1.165) is 58.4 Å². The Morgan fingerprint density at radius 3 is 2.39 bits per heavy atom. The lowest BCUT2D eigenvalue weighted by Gasteiger charge is -2.43. The smallest absolute Gasteiger partial charge is 0.240 e. The Bertz CT molecular complexity index is 667. The number of amides is 2. The summed E-state index contributed by atoms with van der Waals surface area (Å²) >= 11 is 0. The quantitative estimate of drug-likeness (QED) is 0.792. The van der Waals surface area contributed by atoms with Crippen LogP contribution in [0.1, 0.15) is 31.2 Å². The van der Waals surface area contributed by atoms with Crippen LogP contribution < -0.4 is 0 Å². The van der Waals surface area contributed by atoms with Gasteiger partial charge in [-0.25, -0.2) is 0 Å². The van der Waals surface area contributed by atoms with Crippen molar-refractivity contribution in [2.75, 3.05) is 45.9 Å². The molecule has 3 heterocycles. The molecular formula is C22H31N3O3. The van der Waals surface area contributed by atoms with Crippen LogP contribution in [0.15, 0.2) is 30.3 Å². The average molecular weight is 386 g/mol. The van der Waals surface area contributed by atoms with E-state index in [2.05, 4.69) is 17.0 Å². The van der Waals surface area contributed by atoms with Crippen LogP contribution in [0.25, 0.3) is 0 Å². The van der Waals surface area contributed by atoms with Gasteiger partial charge in [-0.15, -0.1) is 0 Å². The Morgan fingerprint density at radius 2 is 1.68 bits per heavy atom. The van der Waals surface area contributed by atoms with Crippen LogP contribution in [0, 0.1) is 5.92 Å². The molecule has 4 rings (SSSR count). The highest BCUT2D eigenvalue weighted by atomic mass is 16.5. The lowest BCUT2D eigenvalue weighted by Crippen LogP contribution is -2.58. The predicted octanol–water partition coefficient (Wildman–Crippen LogP) is 1.75. The number of piperazine rings is 1. The summed E-state index contributed by atoms with van der Waals surface area (Å²) < 4.78 is 5.38. The zero-order valence-corrected chi connectivity index (χ0v) is 16.6. The minimum absolute atomic E-state index is 0.0298. The Morgan fingerprint density at radius 1 is 0.964 bits per heavy atom. The summed E-state index contributed by atoms with van der Waals surface area (Å²) in [6.45, 7) is 5.99. The van der Waals surface area contributed by atoms with Crippen molar-refractivity contribution < 1.29 is 14.3 Å². The first-order valence-electron chi connectivity index (χ1n) is 10.7. The maximum absolute atomic E-state index is 13.1. The molecule has 152 valence electrons. The zero-order valence-electron chi connectivity index (χ0n) is 16.6. The minimum atomic E-state index is -0.0298. The second-order valence-electron chi connectivity index (χ2n) is 8.15. The third kappa shape index (κ3) is 4.39. The first-order chi connectivity index (χ1) is 13.7. The van der Waals surface area contributed by atoms with Crippen molar-refractivity contribution in [3.8, 4) is 0 Å². The van der Waals surface area contributed by atoms with E-state index in [0.29, 0.717) is 19.8 Å². The fourth-order valence-electron chi connectivity index (χ4n) is 4.68. The molecule has 6 heteroatoms. The minimum Gasteiger partial charge on any atom is -0.381 e. The summed E-state index contributed by atoms with van der Waals surface area (Å²) in [5.74, 6) is 0.654. The molecule has 3 fully saturated rings. The first-order valence-corrected chi connectivity index (χ1v) is 10.7. The molecule has 28 heavy (non-hydrogen) atoms. The number of ether oxygens (including phenoxy) is 1. The van der Waals surface area contributed by atoms with Crippen molar-refractivity contribution >= 4 is 11.8 Å². The fraction of sp³-hybridized carbons (Fsp3) is 0.636. The molecule has 2 amide bonds. The van der Waals surface area contributed by atoms with Gasteiger partial charge in [-0.2, -0.15) is 0 Å². The molecule has 1 aromatic carbocycles. The van der Waals surface area contributed by atoms with E-state index in [1.807, 2.05) is 28.0 Å². The van der Waals surface area contributed by atoms with E-state index >= 15 is 0 Å². The SMILES string of the molecule is O=C(C1CCOCC1)N1CCN([C@H]2CCCN(Cc3ccccc3)C2=O)CC1. The molecule has 0 aliphatic carbocycles. The highest BCUT2D eigenvalue weighted by Crippen LogP contribution is 2.23. The van der Waals surface area contributed by atoms with E-state index in [-0.39, 0.29) is 23.8 Å². The summed E-state index contributed by atoms with van der Waals surface area (Å²) in [6.07, 6.45) is 3.66. The number of hydrogen-bond donors (Lipinski definition) is 0. The van der Waals surface area contributed by atoms with Gasteiger partial charge in [0.1, 0.15) is 0 Å². The topological polar surface area (TPSA) is 53.1 Å². The average Bonchev–Trinajstić information content (AvgIpc) is 2.76. The largest absolute Gasteiger partial charge is 0.381 e. The van der Waals surface area contributed by atoms with Crippen molar-refractivity contribution in [2.24, 2.45) is 5.92 Å². The summed E-state index contributed by atoms with van der Waals surface area (Å²) in [6, 6.07) is 10.2. The highest BCUT2D eigenvalue weighted by Gasteiger charge is 2.36. The number of benzene rings is 1. The Kier molecular flexibility index (Phi) is 6.27. The maximum atomic E-state index is 13.1. The van der Waals surface area contributed by atoms with Crippen LogP contribution in [-0.2, 0) is 20.9 Å². The van der Waals surface area contributed by atoms with Gasteiger partial charge in [0.2, 0.25) is 11.8 Å². The van der Waals surface area contributed by atoms with Crippen molar-refractivity contribution in [3.63, 3.8) is 0 Å². The van der Waals surface area contributed by atoms with Gasteiger partial charge in [-0.3, -0.25) is 14.5 Å². The van der Waals surface area contributed by atoms with Crippen molar-refractivity contribution in [2.45, 2.75) is 38.3 Å². The second-order valence-corrected chi connectivity index (χ2v) is 8.15. The van der Waals surface area contributed by atoms with Crippen LogP contribution in [0.4, 0.5) is 0 Å². The zero-order chi connectivity index (χ0) is 19.3. The first kappa shape index (κ1) is 19.4. The molecule has 3 saturated heterocycles. The van der Waals surface area contributed by atoms with Gasteiger partial charge < -0.3 is 14.5 Å². The predicted molar refractivity (Wildman–Crippen MR) is 107 cm³/mol. The molecule has 3 aliphatic heterocycles. The molecule has 0 spiro atoms. The van der Waals surface area contributed by atoms with Gasteiger partial charge in [0.25, 0.3) is 0 Å². The summed E-state index contributed by atoms with van der Waals surface area (Å²) in [4.78, 5) is 32.1. The summed E-state index contributed by atoms with van der Waals surface area (Å²) in [5.41, 5.74) is 1.18. The monoisotopic (exact) mass is 385 g/mol. The van der Waals surface area contributed by atoms with E-state index in [9.17, 15) is 9.59 Å². The lowest BCUT2D eigenvalue weighted by molar-refractivity contribution is -0.145. The van der Waals surface area contributed by atoms with E-state index in [1.165, 1.54) is 5.56 Å². The lowest BCUT2D eigenvalue weighted by atomic mass is 9.97. The fourth-order valence-corrected chi connectivity index (χ4v) is 4.68. The normalized spacial score (nSPS) is 25.1. The number of carbonyl (C=O) groups excluding carboxylic acids is 2. The molecule has 0 aromatic heterocycles. The second kappa shape index (κ2) is 9.05. The van der Waals surface area contributed by atoms with Gasteiger partial charge in [0.15, 0.2) is 0 Å². The Labute approximate surface area is 167 Å². The van der Waals surface area contributed by atoms with Crippen molar-refractivity contribution in [3.05, 3.63) is 35.9 Å². The van der Waals surface area contributed by atoms with E-state index < -0.39 is 0 Å². The van der Waals surface area contributed by atoms with E-state index in [1.54, 1.807) is 0 Å². The molecule has 0 N–H and O–H groups in total. The van der Waals surface area contributed by atoms with Crippen LogP contribution in [-0.4, -0.2) is 78.5 Å². The van der Waals surface area contributed by atoms with Crippen molar-refractivity contribution in [1.29, 1.82) is 0 Å². The van der Waals surface area contributed by atoms with E-state index in [4.69, 9.17) is 4.74 Å². The number of piperidine rings is 1. The Hall–Kier alpha value is -1.92. The molecule has 3 aliphatic rings. The van der Waals surface area contributed by atoms with Crippen LogP contribution in [0.3, 0.4) is 0 Å². The third-order valence-electron chi connectivity index (χ3n) is 6.36. The van der Waals surface area contributed by atoms with Gasteiger partial charge in [-0.1, -0.05) is 30.3 Å². The standard InChI is InChI=1S/C22H31N3O3/c26-21(19-8-15-28-16-9-19)24-13-11-23(12-14-24)20-7-4-10-25(22(20)27)17-18-5-2-1-3-6-18/h1-3,5-6,19-20H,4,7-17H2/t20-/m0/s1. The molecule has 1 aromatic rings. The number of hydrogen-bond acceptors (Lipinski definition) is 4. The molecule has 0 radical (unpaired) electrons. The molecule has 0 saturated carbocycles. The van der Waals surface area contributed by atoms with Gasteiger partial charge in [-0.05, 0) is 31.2 Å². The van der Waals surface area contributed by atoms with Crippen LogP contribution in [0.5, 0.6) is 0 Å². The van der Waals surface area contributed by atoms with Gasteiger partial charge >= 0.3 is 0 Å². The number of nitrogens with zero attached hydrogens (tertiary/aromatic N) is 3. The number of carbonyl (C=O) groups is 2. The Balaban J connectivity index is 1.31. The highest BCUT2D eigenvalue weighted by molar-refractivity contribution is 5.83. The molecule has 0 unspecified atom stereocenters. The number of likely N-dealkylation sites (tertiary alicyclic amines) is 1. The van der Waals surface area contributed by atoms with Crippen LogP contribution in [0.2, 0.25) is 0 Å². The third-order valence-corrected chi connectivity index (χ3v) is 6.36.